The highest BCUT2D eigenvalue weighted by Gasteiger charge is 2.20. The summed E-state index contributed by atoms with van der Waals surface area (Å²) in [6.07, 6.45) is 5.98. The van der Waals surface area contributed by atoms with Crippen LogP contribution in [-0.4, -0.2) is 27.2 Å². The van der Waals surface area contributed by atoms with E-state index >= 15 is 0 Å². The number of hydrogen-bond donors (Lipinski definition) is 2. The first-order chi connectivity index (χ1) is 17.0. The Hall–Kier alpha value is -3.97. The fraction of sp³-hybridized carbons (Fsp3) is 0.250. The number of nitrogens with one attached hydrogen (secondary N) is 2. The van der Waals surface area contributed by atoms with Crippen molar-refractivity contribution in [3.05, 3.63) is 108 Å². The minimum atomic E-state index is -0.495. The van der Waals surface area contributed by atoms with Gasteiger partial charge in [0.25, 0.3) is 0 Å². The van der Waals surface area contributed by atoms with E-state index in [1.807, 2.05) is 50.5 Å². The number of carbonyl (C=O) groups is 1. The molecule has 7 heteroatoms. The highest BCUT2D eigenvalue weighted by Crippen LogP contribution is 2.22. The molecular formula is C28H31N5O2. The molecule has 35 heavy (non-hydrogen) atoms. The van der Waals surface area contributed by atoms with Gasteiger partial charge in [0, 0.05) is 25.4 Å². The van der Waals surface area contributed by atoms with E-state index in [9.17, 15) is 4.79 Å². The van der Waals surface area contributed by atoms with Gasteiger partial charge in [-0.05, 0) is 43.5 Å². The molecule has 0 radical (unpaired) electrons. The summed E-state index contributed by atoms with van der Waals surface area (Å²) >= 11 is 0. The monoisotopic (exact) mass is 469 g/mol. The highest BCUT2D eigenvalue weighted by molar-refractivity contribution is 5.94. The molecule has 0 spiro atoms. The van der Waals surface area contributed by atoms with Gasteiger partial charge in [0.1, 0.15) is 23.7 Å². The predicted molar refractivity (Wildman–Crippen MR) is 137 cm³/mol. The maximum Gasteiger partial charge on any atom is 0.247 e. The summed E-state index contributed by atoms with van der Waals surface area (Å²) in [4.78, 5) is 17.6. The Bertz CT molecular complexity index is 1220. The first-order valence-corrected chi connectivity index (χ1v) is 11.7. The first-order valence-electron chi connectivity index (χ1n) is 11.7. The Morgan fingerprint density at radius 1 is 1.00 bits per heavy atom. The largest absolute Gasteiger partial charge is 0.484 e. The fourth-order valence-electron chi connectivity index (χ4n) is 3.77. The van der Waals surface area contributed by atoms with Gasteiger partial charge in [0.05, 0.1) is 12.4 Å². The molecule has 1 unspecified atom stereocenters. The molecule has 0 aliphatic carbocycles. The number of aromatic nitrogens is 3. The third-order valence-corrected chi connectivity index (χ3v) is 5.77. The average molecular weight is 470 g/mol. The van der Waals surface area contributed by atoms with Crippen molar-refractivity contribution >= 4 is 11.7 Å². The molecule has 2 aromatic carbocycles. The van der Waals surface area contributed by atoms with E-state index in [4.69, 9.17) is 4.74 Å². The molecule has 7 nitrogen and oxygen atoms in total. The maximum atomic E-state index is 13.2. The van der Waals surface area contributed by atoms with E-state index in [0.717, 1.165) is 17.5 Å². The van der Waals surface area contributed by atoms with Gasteiger partial charge in [-0.15, -0.1) is 0 Å². The van der Waals surface area contributed by atoms with Crippen LogP contribution in [0.4, 0.5) is 5.82 Å². The second-order valence-corrected chi connectivity index (χ2v) is 8.61. The summed E-state index contributed by atoms with van der Waals surface area (Å²) in [6.45, 7) is 4.70. The van der Waals surface area contributed by atoms with Crippen molar-refractivity contribution in [2.75, 3.05) is 11.9 Å². The van der Waals surface area contributed by atoms with Gasteiger partial charge in [-0.2, -0.15) is 5.10 Å². The third-order valence-electron chi connectivity index (χ3n) is 5.77. The molecule has 0 aliphatic rings. The van der Waals surface area contributed by atoms with Crippen molar-refractivity contribution in [2.45, 2.75) is 32.4 Å². The molecule has 0 saturated carbocycles. The second-order valence-electron chi connectivity index (χ2n) is 8.61. The standard InChI is InChI=1S/C28H31N5O2/c1-20-9-11-22(12-10-20)15-16-29-27(23-7-5-4-6-8-23)28(34)32-26-14-13-25(18-30-26)35-21(2)24-17-31-33(3)19-24/h4-14,17-19,21,27,29H,15-16H2,1-3H3,(H,30,32,34)/t21?,27-/m0/s1. The summed E-state index contributed by atoms with van der Waals surface area (Å²) in [5.74, 6) is 0.929. The van der Waals surface area contributed by atoms with Crippen LogP contribution in [-0.2, 0) is 18.3 Å². The Morgan fingerprint density at radius 3 is 2.43 bits per heavy atom. The molecule has 2 heterocycles. The van der Waals surface area contributed by atoms with Gasteiger partial charge in [-0.1, -0.05) is 60.2 Å². The van der Waals surface area contributed by atoms with Crippen LogP contribution in [0.5, 0.6) is 5.75 Å². The molecule has 1 amide bonds. The van der Waals surface area contributed by atoms with E-state index < -0.39 is 6.04 Å². The Labute approximate surface area is 206 Å². The van der Waals surface area contributed by atoms with Crippen LogP contribution in [0, 0.1) is 6.92 Å². The lowest BCUT2D eigenvalue weighted by Gasteiger charge is -2.19. The number of aryl methyl sites for hydroxylation is 2. The summed E-state index contributed by atoms with van der Waals surface area (Å²) in [6, 6.07) is 21.2. The number of anilines is 1. The number of carbonyl (C=O) groups excluding carboxylic acids is 1. The molecule has 0 saturated heterocycles. The van der Waals surface area contributed by atoms with Gasteiger partial charge in [0.2, 0.25) is 5.91 Å². The van der Waals surface area contributed by atoms with Gasteiger partial charge < -0.3 is 15.4 Å². The molecule has 0 aliphatic heterocycles. The topological polar surface area (TPSA) is 81.1 Å². The smallest absolute Gasteiger partial charge is 0.247 e. The normalized spacial score (nSPS) is 12.7. The molecular weight excluding hydrogens is 438 g/mol. The second kappa shape index (κ2) is 11.4. The van der Waals surface area contributed by atoms with E-state index in [-0.39, 0.29) is 12.0 Å². The van der Waals surface area contributed by atoms with E-state index in [1.54, 1.807) is 29.2 Å². The predicted octanol–water partition coefficient (Wildman–Crippen LogP) is 4.78. The zero-order valence-corrected chi connectivity index (χ0v) is 20.3. The van der Waals surface area contributed by atoms with Crippen LogP contribution in [0.15, 0.2) is 85.3 Å². The van der Waals surface area contributed by atoms with Crippen molar-refractivity contribution in [1.29, 1.82) is 0 Å². The molecule has 4 aromatic rings. The molecule has 2 aromatic heterocycles. The van der Waals surface area contributed by atoms with Crippen LogP contribution in [0.2, 0.25) is 0 Å². The number of benzene rings is 2. The Morgan fingerprint density at radius 2 is 1.77 bits per heavy atom. The van der Waals surface area contributed by atoms with Crippen LogP contribution in [0.3, 0.4) is 0 Å². The molecule has 180 valence electrons. The fourth-order valence-corrected chi connectivity index (χ4v) is 3.77. The number of nitrogens with zero attached hydrogens (tertiary/aromatic N) is 3. The minimum absolute atomic E-state index is 0.161. The first kappa shape index (κ1) is 24.2. The summed E-state index contributed by atoms with van der Waals surface area (Å²) in [5, 5.41) is 10.5. The zero-order chi connectivity index (χ0) is 24.6. The molecule has 0 fully saturated rings. The van der Waals surface area contributed by atoms with Crippen molar-refractivity contribution in [2.24, 2.45) is 7.05 Å². The van der Waals surface area contributed by atoms with Crippen molar-refractivity contribution in [3.8, 4) is 5.75 Å². The van der Waals surface area contributed by atoms with Crippen molar-refractivity contribution in [3.63, 3.8) is 0 Å². The van der Waals surface area contributed by atoms with Crippen LogP contribution in [0.1, 0.15) is 41.3 Å². The quantitative estimate of drug-likeness (QED) is 0.350. The van der Waals surface area contributed by atoms with Crippen molar-refractivity contribution in [1.82, 2.24) is 20.1 Å². The van der Waals surface area contributed by atoms with Gasteiger partial charge in [-0.3, -0.25) is 9.48 Å². The van der Waals surface area contributed by atoms with Crippen LogP contribution in [0.25, 0.3) is 0 Å². The van der Waals surface area contributed by atoms with Gasteiger partial charge in [-0.25, -0.2) is 4.98 Å². The lowest BCUT2D eigenvalue weighted by Crippen LogP contribution is -2.34. The van der Waals surface area contributed by atoms with Gasteiger partial charge in [0.15, 0.2) is 0 Å². The Kier molecular flexibility index (Phi) is 7.90. The third kappa shape index (κ3) is 6.77. The zero-order valence-electron chi connectivity index (χ0n) is 20.3. The number of ether oxygens (including phenoxy) is 1. The maximum absolute atomic E-state index is 13.2. The van der Waals surface area contributed by atoms with E-state index in [1.165, 1.54) is 11.1 Å². The highest BCUT2D eigenvalue weighted by atomic mass is 16.5. The SMILES string of the molecule is Cc1ccc(CCN[C@H](C(=O)Nc2ccc(OC(C)c3cnn(C)c3)cn2)c2ccccc2)cc1. The summed E-state index contributed by atoms with van der Waals surface area (Å²) < 4.78 is 7.69. The average Bonchev–Trinajstić information content (AvgIpc) is 3.31. The molecule has 0 bridgehead atoms. The lowest BCUT2D eigenvalue weighted by atomic mass is 10.1. The van der Waals surface area contributed by atoms with Crippen LogP contribution < -0.4 is 15.4 Å². The number of hydrogen-bond acceptors (Lipinski definition) is 5. The molecule has 2 N–H and O–H groups in total. The number of rotatable bonds is 10. The van der Waals surface area contributed by atoms with E-state index in [0.29, 0.717) is 18.1 Å². The Balaban J connectivity index is 1.38. The number of pyridine rings is 1. The van der Waals surface area contributed by atoms with Crippen LogP contribution >= 0.6 is 0 Å². The minimum Gasteiger partial charge on any atom is -0.484 e. The summed E-state index contributed by atoms with van der Waals surface area (Å²) in [7, 11) is 1.87. The van der Waals surface area contributed by atoms with Crippen molar-refractivity contribution < 1.29 is 9.53 Å². The number of amides is 1. The molecule has 2 atom stereocenters. The summed E-state index contributed by atoms with van der Waals surface area (Å²) in [5.41, 5.74) is 4.35. The van der Waals surface area contributed by atoms with Gasteiger partial charge >= 0.3 is 0 Å². The van der Waals surface area contributed by atoms with E-state index in [2.05, 4.69) is 51.9 Å². The molecule has 4 rings (SSSR count). The lowest BCUT2D eigenvalue weighted by molar-refractivity contribution is -0.118.